The average Bonchev–Trinajstić information content (AvgIpc) is 2.86. The summed E-state index contributed by atoms with van der Waals surface area (Å²) in [5.41, 5.74) is 3.31. The highest BCUT2D eigenvalue weighted by molar-refractivity contribution is 6.31. The molecule has 0 aliphatic heterocycles. The van der Waals surface area contributed by atoms with E-state index in [0.717, 1.165) is 0 Å². The van der Waals surface area contributed by atoms with E-state index in [2.05, 4.69) is 20.5 Å². The number of pyridine rings is 1. The summed E-state index contributed by atoms with van der Waals surface area (Å²) in [4.78, 5) is 20.8. The summed E-state index contributed by atoms with van der Waals surface area (Å²) in [7, 11) is 1.73. The van der Waals surface area contributed by atoms with Gasteiger partial charge in [0, 0.05) is 7.05 Å². The van der Waals surface area contributed by atoms with Gasteiger partial charge >= 0.3 is 0 Å². The summed E-state index contributed by atoms with van der Waals surface area (Å²) in [6.07, 6.45) is 2.95. The first-order chi connectivity index (χ1) is 10.1. The number of hydrazine groups is 1. The molecule has 0 aromatic carbocycles. The van der Waals surface area contributed by atoms with Crippen LogP contribution in [-0.4, -0.2) is 24.3 Å². The van der Waals surface area contributed by atoms with Crippen molar-refractivity contribution in [1.29, 1.82) is 0 Å². The van der Waals surface area contributed by atoms with Crippen molar-refractivity contribution < 1.29 is 0 Å². The van der Waals surface area contributed by atoms with E-state index in [1.165, 1.54) is 17.1 Å². The zero-order valence-electron chi connectivity index (χ0n) is 11.1. The number of anilines is 1. The van der Waals surface area contributed by atoms with Crippen LogP contribution in [0.25, 0.3) is 11.0 Å². The van der Waals surface area contributed by atoms with Crippen LogP contribution < -0.4 is 16.8 Å². The van der Waals surface area contributed by atoms with Crippen LogP contribution in [0.4, 0.5) is 5.82 Å². The van der Waals surface area contributed by atoms with Crippen LogP contribution in [0.2, 0.25) is 5.02 Å². The highest BCUT2D eigenvalue weighted by Gasteiger charge is 2.11. The zero-order chi connectivity index (χ0) is 15.0. The third-order valence-corrected chi connectivity index (χ3v) is 3.45. The fraction of sp³-hybridized carbons (Fsp3) is 0.167. The predicted octanol–water partition coefficient (Wildman–Crippen LogP) is 0.512. The lowest BCUT2D eigenvalue weighted by Crippen LogP contribution is -2.22. The highest BCUT2D eigenvalue weighted by Crippen LogP contribution is 2.17. The molecule has 3 aromatic rings. The summed E-state index contributed by atoms with van der Waals surface area (Å²) in [5.74, 6) is 5.79. The monoisotopic (exact) mass is 305 g/mol. The zero-order valence-corrected chi connectivity index (χ0v) is 11.9. The lowest BCUT2D eigenvalue weighted by Gasteiger charge is -2.08. The molecule has 0 saturated carbocycles. The molecular weight excluding hydrogens is 294 g/mol. The van der Waals surface area contributed by atoms with Crippen molar-refractivity contribution in [2.45, 2.75) is 6.54 Å². The van der Waals surface area contributed by atoms with Crippen LogP contribution in [0.15, 0.2) is 29.5 Å². The van der Waals surface area contributed by atoms with Crippen LogP contribution in [0, 0.1) is 0 Å². The van der Waals surface area contributed by atoms with Crippen molar-refractivity contribution in [2.75, 3.05) is 5.43 Å². The Morgan fingerprint density at radius 3 is 3.00 bits per heavy atom. The number of nitrogens with one attached hydrogen (secondary N) is 1. The number of halogens is 1. The van der Waals surface area contributed by atoms with Crippen molar-refractivity contribution in [3.63, 3.8) is 0 Å². The molecule has 8 nitrogen and oxygen atoms in total. The SMILES string of the molecule is Cn1ncc2c(=O)n(Cc3nc(NN)ccc3Cl)cnc21. The van der Waals surface area contributed by atoms with E-state index >= 15 is 0 Å². The van der Waals surface area contributed by atoms with Gasteiger partial charge < -0.3 is 5.43 Å². The number of nitrogens with two attached hydrogens (primary N) is 1. The van der Waals surface area contributed by atoms with Gasteiger partial charge in [0.1, 0.15) is 17.5 Å². The molecule has 3 aromatic heterocycles. The molecule has 0 radical (unpaired) electrons. The van der Waals surface area contributed by atoms with Crippen LogP contribution in [-0.2, 0) is 13.6 Å². The molecular formula is C12H12ClN7O. The van der Waals surface area contributed by atoms with Crippen molar-refractivity contribution in [1.82, 2.24) is 24.3 Å². The third kappa shape index (κ3) is 2.34. The van der Waals surface area contributed by atoms with Gasteiger partial charge in [-0.25, -0.2) is 15.8 Å². The number of rotatable bonds is 3. The lowest BCUT2D eigenvalue weighted by molar-refractivity contribution is 0.723. The van der Waals surface area contributed by atoms with Crippen molar-refractivity contribution in [2.24, 2.45) is 12.9 Å². The van der Waals surface area contributed by atoms with E-state index in [9.17, 15) is 4.79 Å². The molecule has 3 rings (SSSR count). The van der Waals surface area contributed by atoms with E-state index in [1.807, 2.05) is 0 Å². The maximum atomic E-state index is 12.4. The molecule has 9 heteroatoms. The van der Waals surface area contributed by atoms with Crippen molar-refractivity contribution >= 4 is 28.5 Å². The summed E-state index contributed by atoms with van der Waals surface area (Å²) in [5, 5.41) is 4.92. The minimum atomic E-state index is -0.197. The first kappa shape index (κ1) is 13.5. The van der Waals surface area contributed by atoms with Crippen LogP contribution in [0.1, 0.15) is 5.69 Å². The van der Waals surface area contributed by atoms with Crippen molar-refractivity contribution in [3.05, 3.63) is 45.7 Å². The van der Waals surface area contributed by atoms with Gasteiger partial charge in [0.05, 0.1) is 23.5 Å². The Balaban J connectivity index is 2.06. The fourth-order valence-corrected chi connectivity index (χ4v) is 2.18. The molecule has 0 bridgehead atoms. The quantitative estimate of drug-likeness (QED) is 0.540. The van der Waals surface area contributed by atoms with Crippen LogP contribution >= 0.6 is 11.6 Å². The van der Waals surface area contributed by atoms with E-state index in [-0.39, 0.29) is 12.1 Å². The summed E-state index contributed by atoms with van der Waals surface area (Å²) < 4.78 is 2.98. The van der Waals surface area contributed by atoms with Gasteiger partial charge in [0.2, 0.25) is 0 Å². The van der Waals surface area contributed by atoms with E-state index in [4.69, 9.17) is 17.4 Å². The number of nitrogens with zero attached hydrogens (tertiary/aromatic N) is 5. The Hall–Kier alpha value is -2.45. The second kappa shape index (κ2) is 5.15. The summed E-state index contributed by atoms with van der Waals surface area (Å²) in [6, 6.07) is 3.32. The van der Waals surface area contributed by atoms with Gasteiger partial charge in [-0.1, -0.05) is 11.6 Å². The maximum absolute atomic E-state index is 12.4. The predicted molar refractivity (Wildman–Crippen MR) is 78.9 cm³/mol. The first-order valence-electron chi connectivity index (χ1n) is 6.09. The maximum Gasteiger partial charge on any atom is 0.264 e. The molecule has 3 N–H and O–H groups in total. The molecule has 0 unspecified atom stereocenters. The second-order valence-corrected chi connectivity index (χ2v) is 4.86. The van der Waals surface area contributed by atoms with Crippen molar-refractivity contribution in [3.8, 4) is 0 Å². The average molecular weight is 306 g/mol. The number of aromatic nitrogens is 5. The largest absolute Gasteiger partial charge is 0.308 e. The Bertz CT molecular complexity index is 870. The Morgan fingerprint density at radius 2 is 2.24 bits per heavy atom. The van der Waals surface area contributed by atoms with E-state index in [1.54, 1.807) is 23.9 Å². The van der Waals surface area contributed by atoms with Gasteiger partial charge in [-0.2, -0.15) is 5.10 Å². The minimum absolute atomic E-state index is 0.197. The van der Waals surface area contributed by atoms with E-state index in [0.29, 0.717) is 27.6 Å². The molecule has 0 aliphatic carbocycles. The first-order valence-corrected chi connectivity index (χ1v) is 6.47. The second-order valence-electron chi connectivity index (χ2n) is 4.45. The number of hydrogen-bond acceptors (Lipinski definition) is 6. The number of hydrogen-bond donors (Lipinski definition) is 2. The summed E-state index contributed by atoms with van der Waals surface area (Å²) in [6.45, 7) is 0.199. The lowest BCUT2D eigenvalue weighted by atomic mass is 10.3. The molecule has 0 spiro atoms. The number of aryl methyl sites for hydroxylation is 1. The normalized spacial score (nSPS) is 11.0. The van der Waals surface area contributed by atoms with Crippen LogP contribution in [0.5, 0.6) is 0 Å². The smallest absolute Gasteiger partial charge is 0.264 e. The molecule has 0 atom stereocenters. The van der Waals surface area contributed by atoms with Crippen LogP contribution in [0.3, 0.4) is 0 Å². The Kier molecular flexibility index (Phi) is 3.32. The topological polar surface area (TPSA) is 104 Å². The molecule has 0 aliphatic rings. The standard InChI is InChI=1S/C12H12ClN7O/c1-19-11-7(4-16-19)12(21)20(6-15-11)5-9-8(13)2-3-10(17-9)18-14/h2-4,6H,5,14H2,1H3,(H,17,18). The summed E-state index contributed by atoms with van der Waals surface area (Å²) >= 11 is 6.09. The molecule has 21 heavy (non-hydrogen) atoms. The molecule has 3 heterocycles. The number of nitrogen functional groups attached to an aromatic ring is 1. The highest BCUT2D eigenvalue weighted by atomic mass is 35.5. The van der Waals surface area contributed by atoms with Gasteiger partial charge in [-0.3, -0.25) is 14.0 Å². The minimum Gasteiger partial charge on any atom is -0.308 e. The molecule has 0 saturated heterocycles. The van der Waals surface area contributed by atoms with Gasteiger partial charge in [-0.05, 0) is 12.1 Å². The third-order valence-electron chi connectivity index (χ3n) is 3.10. The number of fused-ring (bicyclic) bond motifs is 1. The van der Waals surface area contributed by atoms with Gasteiger partial charge in [-0.15, -0.1) is 0 Å². The van der Waals surface area contributed by atoms with Gasteiger partial charge in [0.15, 0.2) is 5.65 Å². The Labute approximate surface area is 124 Å². The van der Waals surface area contributed by atoms with Gasteiger partial charge in [0.25, 0.3) is 5.56 Å². The molecule has 108 valence electrons. The molecule has 0 amide bonds. The van der Waals surface area contributed by atoms with E-state index < -0.39 is 0 Å². The Morgan fingerprint density at radius 1 is 1.43 bits per heavy atom. The molecule has 0 fully saturated rings. The fourth-order valence-electron chi connectivity index (χ4n) is 2.02.